The first-order chi connectivity index (χ1) is 9.38. The molecule has 0 spiro atoms. The second-order valence-electron chi connectivity index (χ2n) is 5.15. The zero-order chi connectivity index (χ0) is 13.1. The number of ether oxygens (including phenoxy) is 1. The zero-order valence-corrected chi connectivity index (χ0v) is 10.9. The molecule has 0 saturated heterocycles. The lowest BCUT2D eigenvalue weighted by atomic mass is 9.80. The van der Waals surface area contributed by atoms with Gasteiger partial charge in [0, 0.05) is 12.4 Å². The highest BCUT2D eigenvalue weighted by molar-refractivity contribution is 5.47. The van der Waals surface area contributed by atoms with Crippen LogP contribution in [0.4, 0.5) is 0 Å². The number of fused-ring (bicyclic) bond motifs is 1. The largest absolute Gasteiger partial charge is 0.475 e. The van der Waals surface area contributed by atoms with E-state index in [4.69, 9.17) is 10.5 Å². The number of aromatic nitrogens is 4. The number of hydrogen-bond donors (Lipinski definition) is 1. The van der Waals surface area contributed by atoms with Crippen molar-refractivity contribution in [2.45, 2.75) is 25.7 Å². The van der Waals surface area contributed by atoms with Crippen molar-refractivity contribution in [1.82, 2.24) is 19.6 Å². The number of nitrogens with two attached hydrogens (primary N) is 1. The van der Waals surface area contributed by atoms with Crippen LogP contribution in [0.15, 0.2) is 18.7 Å². The van der Waals surface area contributed by atoms with E-state index in [1.54, 1.807) is 12.5 Å². The summed E-state index contributed by atoms with van der Waals surface area (Å²) in [6.07, 6.45) is 10.1. The smallest absolute Gasteiger partial charge is 0.260 e. The Hall–Kier alpha value is -1.69. The summed E-state index contributed by atoms with van der Waals surface area (Å²) in [7, 11) is 0. The SMILES string of the molecule is NCC1CCCCC1COc1nccn2cnnc12. The standard InChI is InChI=1S/C13H19N5O/c14-7-10-3-1-2-4-11(10)8-19-13-12-17-16-9-18(12)6-5-15-13/h5-6,9-11H,1-4,7-8,14H2. The normalized spacial score (nSPS) is 23.6. The number of hydrogen-bond acceptors (Lipinski definition) is 5. The molecule has 1 fully saturated rings. The molecular formula is C13H19N5O. The van der Waals surface area contributed by atoms with Gasteiger partial charge in [-0.15, -0.1) is 10.2 Å². The zero-order valence-electron chi connectivity index (χ0n) is 10.9. The van der Waals surface area contributed by atoms with Crippen LogP contribution >= 0.6 is 0 Å². The van der Waals surface area contributed by atoms with Crippen molar-refractivity contribution in [3.05, 3.63) is 18.7 Å². The highest BCUT2D eigenvalue weighted by Crippen LogP contribution is 2.30. The van der Waals surface area contributed by atoms with Crippen molar-refractivity contribution in [2.75, 3.05) is 13.2 Å². The van der Waals surface area contributed by atoms with Gasteiger partial charge in [0.05, 0.1) is 6.61 Å². The van der Waals surface area contributed by atoms with E-state index >= 15 is 0 Å². The topological polar surface area (TPSA) is 78.3 Å². The maximum absolute atomic E-state index is 5.86. The first-order valence-electron chi connectivity index (χ1n) is 6.85. The predicted molar refractivity (Wildman–Crippen MR) is 70.8 cm³/mol. The minimum absolute atomic E-state index is 0.531. The molecule has 0 aromatic carbocycles. The quantitative estimate of drug-likeness (QED) is 0.896. The minimum Gasteiger partial charge on any atom is -0.475 e. The Morgan fingerprint density at radius 3 is 3.00 bits per heavy atom. The molecule has 1 aliphatic rings. The van der Waals surface area contributed by atoms with Crippen LogP contribution in [0.2, 0.25) is 0 Å². The lowest BCUT2D eigenvalue weighted by molar-refractivity contribution is 0.150. The maximum atomic E-state index is 5.86. The van der Waals surface area contributed by atoms with Gasteiger partial charge in [-0.25, -0.2) is 4.98 Å². The third kappa shape index (κ3) is 2.53. The highest BCUT2D eigenvalue weighted by Gasteiger charge is 2.24. The summed E-state index contributed by atoms with van der Waals surface area (Å²) in [5.74, 6) is 1.66. The Labute approximate surface area is 112 Å². The molecule has 1 saturated carbocycles. The Kier molecular flexibility index (Phi) is 3.59. The Morgan fingerprint density at radius 1 is 1.32 bits per heavy atom. The Balaban J connectivity index is 1.69. The van der Waals surface area contributed by atoms with Gasteiger partial charge in [0.2, 0.25) is 5.65 Å². The molecule has 3 rings (SSSR count). The molecule has 2 atom stereocenters. The molecular weight excluding hydrogens is 242 g/mol. The molecule has 1 aliphatic carbocycles. The Morgan fingerprint density at radius 2 is 2.16 bits per heavy atom. The summed E-state index contributed by atoms with van der Waals surface area (Å²) >= 11 is 0. The molecule has 0 aliphatic heterocycles. The molecule has 2 aromatic heterocycles. The van der Waals surface area contributed by atoms with Gasteiger partial charge in [-0.2, -0.15) is 0 Å². The van der Waals surface area contributed by atoms with Gasteiger partial charge >= 0.3 is 0 Å². The summed E-state index contributed by atoms with van der Waals surface area (Å²) in [6.45, 7) is 1.41. The van der Waals surface area contributed by atoms with Gasteiger partial charge in [-0.1, -0.05) is 12.8 Å². The predicted octanol–water partition coefficient (Wildman–Crippen LogP) is 1.27. The molecule has 0 amide bonds. The van der Waals surface area contributed by atoms with Gasteiger partial charge in [-0.3, -0.25) is 4.40 Å². The fourth-order valence-corrected chi connectivity index (χ4v) is 2.84. The van der Waals surface area contributed by atoms with E-state index in [1.807, 2.05) is 10.6 Å². The van der Waals surface area contributed by atoms with Crippen LogP contribution in [-0.4, -0.2) is 32.7 Å². The molecule has 19 heavy (non-hydrogen) atoms. The fraction of sp³-hybridized carbons (Fsp3) is 0.615. The maximum Gasteiger partial charge on any atom is 0.260 e. The third-order valence-electron chi connectivity index (χ3n) is 3.99. The van der Waals surface area contributed by atoms with E-state index in [0.717, 1.165) is 6.54 Å². The average molecular weight is 261 g/mol. The van der Waals surface area contributed by atoms with Crippen molar-refractivity contribution in [2.24, 2.45) is 17.6 Å². The summed E-state index contributed by atoms with van der Waals surface area (Å²) in [6, 6.07) is 0. The van der Waals surface area contributed by atoms with Crippen molar-refractivity contribution in [1.29, 1.82) is 0 Å². The van der Waals surface area contributed by atoms with Crippen molar-refractivity contribution >= 4 is 5.65 Å². The van der Waals surface area contributed by atoms with E-state index < -0.39 is 0 Å². The molecule has 2 aromatic rings. The first kappa shape index (κ1) is 12.3. The fourth-order valence-electron chi connectivity index (χ4n) is 2.84. The van der Waals surface area contributed by atoms with Gasteiger partial charge in [-0.05, 0) is 31.2 Å². The minimum atomic E-state index is 0.531. The summed E-state index contributed by atoms with van der Waals surface area (Å²) in [5, 5.41) is 7.88. The molecule has 0 radical (unpaired) electrons. The van der Waals surface area contributed by atoms with Crippen LogP contribution in [0.5, 0.6) is 5.88 Å². The average Bonchev–Trinajstić information content (AvgIpc) is 2.94. The van der Waals surface area contributed by atoms with Gasteiger partial charge in [0.1, 0.15) is 6.33 Å². The van der Waals surface area contributed by atoms with Crippen molar-refractivity contribution < 1.29 is 4.74 Å². The van der Waals surface area contributed by atoms with E-state index in [2.05, 4.69) is 15.2 Å². The molecule has 0 bridgehead atoms. The highest BCUT2D eigenvalue weighted by atomic mass is 16.5. The molecule has 6 nitrogen and oxygen atoms in total. The van der Waals surface area contributed by atoms with Crippen molar-refractivity contribution in [3.8, 4) is 5.88 Å². The second-order valence-corrected chi connectivity index (χ2v) is 5.15. The lowest BCUT2D eigenvalue weighted by Gasteiger charge is -2.30. The molecule has 2 unspecified atom stereocenters. The van der Waals surface area contributed by atoms with Crippen LogP contribution in [0.3, 0.4) is 0 Å². The lowest BCUT2D eigenvalue weighted by Crippen LogP contribution is -2.30. The van der Waals surface area contributed by atoms with E-state index in [0.29, 0.717) is 30.0 Å². The van der Waals surface area contributed by atoms with Gasteiger partial charge in [0.25, 0.3) is 5.88 Å². The van der Waals surface area contributed by atoms with Gasteiger partial charge < -0.3 is 10.5 Å². The number of nitrogens with zero attached hydrogens (tertiary/aromatic N) is 4. The van der Waals surface area contributed by atoms with Crippen LogP contribution < -0.4 is 10.5 Å². The molecule has 102 valence electrons. The second kappa shape index (κ2) is 5.52. The van der Waals surface area contributed by atoms with E-state index in [9.17, 15) is 0 Å². The van der Waals surface area contributed by atoms with Crippen molar-refractivity contribution in [3.63, 3.8) is 0 Å². The van der Waals surface area contributed by atoms with E-state index in [1.165, 1.54) is 25.7 Å². The summed E-state index contributed by atoms with van der Waals surface area (Å²) in [5.41, 5.74) is 6.51. The van der Waals surface area contributed by atoms with Crippen LogP contribution in [0.25, 0.3) is 5.65 Å². The van der Waals surface area contributed by atoms with Crippen LogP contribution in [-0.2, 0) is 0 Å². The first-order valence-corrected chi connectivity index (χ1v) is 6.85. The summed E-state index contributed by atoms with van der Waals surface area (Å²) < 4.78 is 7.67. The van der Waals surface area contributed by atoms with E-state index in [-0.39, 0.29) is 0 Å². The summed E-state index contributed by atoms with van der Waals surface area (Å²) in [4.78, 5) is 4.24. The monoisotopic (exact) mass is 261 g/mol. The van der Waals surface area contributed by atoms with Gasteiger partial charge in [0.15, 0.2) is 0 Å². The molecule has 6 heteroatoms. The van der Waals surface area contributed by atoms with Crippen LogP contribution in [0, 0.1) is 11.8 Å². The third-order valence-corrected chi connectivity index (χ3v) is 3.99. The Bertz CT molecular complexity index is 541. The van der Waals surface area contributed by atoms with Crippen LogP contribution in [0.1, 0.15) is 25.7 Å². The molecule has 2 heterocycles. The molecule has 2 N–H and O–H groups in total. The number of rotatable bonds is 4.